The molecule has 1 heterocycles. The minimum absolute atomic E-state index is 0.0870. The van der Waals surface area contributed by atoms with Crippen molar-refractivity contribution >= 4 is 5.69 Å². The van der Waals surface area contributed by atoms with Crippen LogP contribution in [0.2, 0.25) is 0 Å². The van der Waals surface area contributed by atoms with E-state index in [0.29, 0.717) is 5.56 Å². The summed E-state index contributed by atoms with van der Waals surface area (Å²) in [6.45, 7) is 2.01. The lowest BCUT2D eigenvalue weighted by atomic mass is 10.2. The standard InChI is InChI=1S/C12H12N4/c1-9(12-14-5-6-15-12)16-11-4-2-3-10(7-11)8-13/h2-7,9,16H,1H3,(H,14,15). The highest BCUT2D eigenvalue weighted by Crippen LogP contribution is 2.16. The van der Waals surface area contributed by atoms with Gasteiger partial charge in [0.05, 0.1) is 17.7 Å². The summed E-state index contributed by atoms with van der Waals surface area (Å²) in [6, 6.07) is 9.59. The number of aromatic nitrogens is 2. The topological polar surface area (TPSA) is 64.5 Å². The average Bonchev–Trinajstić information content (AvgIpc) is 2.83. The number of hydrogen-bond acceptors (Lipinski definition) is 3. The fourth-order valence-electron chi connectivity index (χ4n) is 1.51. The largest absolute Gasteiger partial charge is 0.375 e. The molecule has 0 spiro atoms. The summed E-state index contributed by atoms with van der Waals surface area (Å²) in [4.78, 5) is 7.22. The van der Waals surface area contributed by atoms with Crippen LogP contribution in [-0.4, -0.2) is 9.97 Å². The van der Waals surface area contributed by atoms with E-state index in [1.54, 1.807) is 18.5 Å². The van der Waals surface area contributed by atoms with Crippen LogP contribution < -0.4 is 5.32 Å². The molecule has 2 rings (SSSR count). The molecule has 0 saturated heterocycles. The monoisotopic (exact) mass is 212 g/mol. The molecule has 0 aliphatic rings. The molecule has 16 heavy (non-hydrogen) atoms. The Hall–Kier alpha value is -2.28. The van der Waals surface area contributed by atoms with Gasteiger partial charge in [-0.05, 0) is 25.1 Å². The Morgan fingerprint density at radius 3 is 3.06 bits per heavy atom. The molecular formula is C12H12N4. The molecule has 0 amide bonds. The summed E-state index contributed by atoms with van der Waals surface area (Å²) in [6.07, 6.45) is 3.51. The highest BCUT2D eigenvalue weighted by molar-refractivity contribution is 5.49. The first-order chi connectivity index (χ1) is 7.79. The van der Waals surface area contributed by atoms with Gasteiger partial charge in [0, 0.05) is 18.1 Å². The Morgan fingerprint density at radius 2 is 2.38 bits per heavy atom. The molecule has 1 aromatic heterocycles. The number of nitrogens with zero attached hydrogens (tertiary/aromatic N) is 2. The third kappa shape index (κ3) is 2.20. The molecular weight excluding hydrogens is 200 g/mol. The third-order valence-corrected chi connectivity index (χ3v) is 2.30. The number of imidazole rings is 1. The predicted octanol–water partition coefficient (Wildman–Crippen LogP) is 2.45. The molecule has 2 aromatic rings. The summed E-state index contributed by atoms with van der Waals surface area (Å²) in [5.74, 6) is 0.877. The van der Waals surface area contributed by atoms with Gasteiger partial charge in [-0.3, -0.25) is 0 Å². The normalized spacial score (nSPS) is 11.8. The molecule has 0 aliphatic carbocycles. The van der Waals surface area contributed by atoms with Crippen LogP contribution in [0.4, 0.5) is 5.69 Å². The number of rotatable bonds is 3. The molecule has 0 bridgehead atoms. The van der Waals surface area contributed by atoms with Crippen molar-refractivity contribution in [3.63, 3.8) is 0 Å². The fourth-order valence-corrected chi connectivity index (χ4v) is 1.51. The van der Waals surface area contributed by atoms with E-state index in [4.69, 9.17) is 5.26 Å². The van der Waals surface area contributed by atoms with Crippen molar-refractivity contribution in [1.29, 1.82) is 5.26 Å². The average molecular weight is 212 g/mol. The number of H-pyrrole nitrogens is 1. The van der Waals surface area contributed by atoms with Gasteiger partial charge in [0.15, 0.2) is 0 Å². The van der Waals surface area contributed by atoms with Crippen LogP contribution in [0.15, 0.2) is 36.7 Å². The molecule has 4 heteroatoms. The second-order valence-corrected chi connectivity index (χ2v) is 3.53. The third-order valence-electron chi connectivity index (χ3n) is 2.30. The van der Waals surface area contributed by atoms with Crippen molar-refractivity contribution in [3.8, 4) is 6.07 Å². The zero-order chi connectivity index (χ0) is 11.4. The Morgan fingerprint density at radius 1 is 1.50 bits per heavy atom. The number of nitrogens with one attached hydrogen (secondary N) is 2. The van der Waals surface area contributed by atoms with Crippen molar-refractivity contribution < 1.29 is 0 Å². The molecule has 0 fully saturated rings. The zero-order valence-electron chi connectivity index (χ0n) is 8.94. The van der Waals surface area contributed by atoms with Crippen LogP contribution in [-0.2, 0) is 0 Å². The lowest BCUT2D eigenvalue weighted by Crippen LogP contribution is -2.08. The number of hydrogen-bond donors (Lipinski definition) is 2. The second-order valence-electron chi connectivity index (χ2n) is 3.53. The zero-order valence-corrected chi connectivity index (χ0v) is 8.94. The molecule has 0 saturated carbocycles. The number of benzene rings is 1. The minimum atomic E-state index is 0.0870. The first-order valence-corrected chi connectivity index (χ1v) is 5.05. The molecule has 0 radical (unpaired) electrons. The fraction of sp³-hybridized carbons (Fsp3) is 0.167. The van der Waals surface area contributed by atoms with Crippen molar-refractivity contribution in [2.45, 2.75) is 13.0 Å². The lowest BCUT2D eigenvalue weighted by Gasteiger charge is -2.12. The molecule has 1 aromatic carbocycles. The predicted molar refractivity (Wildman–Crippen MR) is 61.8 cm³/mol. The maximum atomic E-state index is 8.78. The molecule has 1 atom stereocenters. The van der Waals surface area contributed by atoms with Gasteiger partial charge in [0.2, 0.25) is 0 Å². The van der Waals surface area contributed by atoms with E-state index in [-0.39, 0.29) is 6.04 Å². The molecule has 1 unspecified atom stereocenters. The number of aromatic amines is 1. The van der Waals surface area contributed by atoms with Gasteiger partial charge in [-0.2, -0.15) is 5.26 Å². The highest BCUT2D eigenvalue weighted by Gasteiger charge is 2.06. The van der Waals surface area contributed by atoms with E-state index in [9.17, 15) is 0 Å². The van der Waals surface area contributed by atoms with Crippen LogP contribution >= 0.6 is 0 Å². The van der Waals surface area contributed by atoms with E-state index < -0.39 is 0 Å². The maximum Gasteiger partial charge on any atom is 0.128 e. The van der Waals surface area contributed by atoms with Crippen LogP contribution in [0, 0.1) is 11.3 Å². The Balaban J connectivity index is 2.12. The summed E-state index contributed by atoms with van der Waals surface area (Å²) in [5.41, 5.74) is 1.57. The Kier molecular flexibility index (Phi) is 2.88. The van der Waals surface area contributed by atoms with Crippen molar-refractivity contribution in [2.24, 2.45) is 0 Å². The van der Waals surface area contributed by atoms with Crippen molar-refractivity contribution in [3.05, 3.63) is 48.0 Å². The Labute approximate surface area is 94.0 Å². The minimum Gasteiger partial charge on any atom is -0.375 e. The van der Waals surface area contributed by atoms with E-state index in [1.165, 1.54) is 0 Å². The summed E-state index contributed by atoms with van der Waals surface area (Å²) in [7, 11) is 0. The van der Waals surface area contributed by atoms with Gasteiger partial charge in [-0.25, -0.2) is 4.98 Å². The molecule has 2 N–H and O–H groups in total. The van der Waals surface area contributed by atoms with Gasteiger partial charge >= 0.3 is 0 Å². The van der Waals surface area contributed by atoms with Crippen molar-refractivity contribution in [2.75, 3.05) is 5.32 Å². The quantitative estimate of drug-likeness (QED) is 0.821. The van der Waals surface area contributed by atoms with E-state index in [1.807, 2.05) is 25.1 Å². The van der Waals surface area contributed by atoms with Crippen LogP contribution in [0.25, 0.3) is 0 Å². The summed E-state index contributed by atoms with van der Waals surface area (Å²) >= 11 is 0. The lowest BCUT2D eigenvalue weighted by molar-refractivity contribution is 0.810. The molecule has 80 valence electrons. The van der Waals surface area contributed by atoms with Gasteiger partial charge in [-0.15, -0.1) is 0 Å². The van der Waals surface area contributed by atoms with Gasteiger partial charge in [0.1, 0.15) is 5.82 Å². The number of anilines is 1. The first kappa shape index (κ1) is 10.2. The van der Waals surface area contributed by atoms with Gasteiger partial charge in [0.25, 0.3) is 0 Å². The maximum absolute atomic E-state index is 8.78. The van der Waals surface area contributed by atoms with E-state index in [0.717, 1.165) is 11.5 Å². The van der Waals surface area contributed by atoms with Crippen molar-refractivity contribution in [1.82, 2.24) is 9.97 Å². The molecule has 4 nitrogen and oxygen atoms in total. The van der Waals surface area contributed by atoms with Gasteiger partial charge in [-0.1, -0.05) is 6.07 Å². The number of nitriles is 1. The second kappa shape index (κ2) is 4.49. The first-order valence-electron chi connectivity index (χ1n) is 5.05. The van der Waals surface area contributed by atoms with Crippen LogP contribution in [0.1, 0.15) is 24.4 Å². The Bertz CT molecular complexity index is 496. The smallest absolute Gasteiger partial charge is 0.128 e. The van der Waals surface area contributed by atoms with E-state index >= 15 is 0 Å². The SMILES string of the molecule is CC(Nc1cccc(C#N)c1)c1ncc[nH]1. The summed E-state index contributed by atoms with van der Waals surface area (Å²) in [5, 5.41) is 12.1. The highest BCUT2D eigenvalue weighted by atomic mass is 15.0. The van der Waals surface area contributed by atoms with E-state index in [2.05, 4.69) is 21.4 Å². The van der Waals surface area contributed by atoms with Crippen LogP contribution in [0.3, 0.4) is 0 Å². The summed E-state index contributed by atoms with van der Waals surface area (Å²) < 4.78 is 0. The van der Waals surface area contributed by atoms with Crippen LogP contribution in [0.5, 0.6) is 0 Å². The van der Waals surface area contributed by atoms with Gasteiger partial charge < -0.3 is 10.3 Å². The molecule has 0 aliphatic heterocycles.